The number of ether oxygens (including phenoxy) is 2. The first-order valence-electron chi connectivity index (χ1n) is 8.94. The Hall–Kier alpha value is -2.75. The maximum absolute atomic E-state index is 12.4. The van der Waals surface area contributed by atoms with Gasteiger partial charge in [-0.3, -0.25) is 4.79 Å². The van der Waals surface area contributed by atoms with Crippen LogP contribution in [0, 0.1) is 0 Å². The number of fused-ring (bicyclic) bond motifs is 1. The Labute approximate surface area is 155 Å². The summed E-state index contributed by atoms with van der Waals surface area (Å²) in [4.78, 5) is 14.1. The van der Waals surface area contributed by atoms with Crippen LogP contribution in [-0.4, -0.2) is 31.1 Å². The minimum atomic E-state index is -0.0344. The van der Waals surface area contributed by atoms with Crippen molar-refractivity contribution < 1.29 is 14.3 Å². The number of hydrogen-bond donors (Lipinski definition) is 0. The molecular weight excluding hydrogens is 326 g/mol. The fraction of sp³-hybridized carbons (Fsp3) is 0.318. The van der Waals surface area contributed by atoms with Crippen molar-refractivity contribution in [1.82, 2.24) is 4.90 Å². The van der Waals surface area contributed by atoms with E-state index in [1.165, 1.54) is 5.56 Å². The quantitative estimate of drug-likeness (QED) is 0.756. The van der Waals surface area contributed by atoms with Crippen LogP contribution >= 0.6 is 0 Å². The van der Waals surface area contributed by atoms with Crippen molar-refractivity contribution in [2.45, 2.75) is 26.3 Å². The number of rotatable bonds is 5. The van der Waals surface area contributed by atoms with Gasteiger partial charge >= 0.3 is 0 Å². The van der Waals surface area contributed by atoms with E-state index in [0.717, 1.165) is 22.6 Å². The van der Waals surface area contributed by atoms with E-state index in [4.69, 9.17) is 9.47 Å². The Bertz CT molecular complexity index is 794. The number of likely N-dealkylation sites (N-methyl/N-ethyl adjacent to an activating group) is 1. The van der Waals surface area contributed by atoms with Gasteiger partial charge in [-0.1, -0.05) is 44.2 Å². The van der Waals surface area contributed by atoms with Crippen molar-refractivity contribution in [2.24, 2.45) is 0 Å². The van der Waals surface area contributed by atoms with Gasteiger partial charge in [-0.15, -0.1) is 0 Å². The van der Waals surface area contributed by atoms with Crippen molar-refractivity contribution in [3.63, 3.8) is 0 Å². The zero-order valence-electron chi connectivity index (χ0n) is 15.6. The minimum absolute atomic E-state index is 0.0344. The lowest BCUT2D eigenvalue weighted by molar-refractivity contribution is -0.125. The monoisotopic (exact) mass is 351 g/mol. The van der Waals surface area contributed by atoms with E-state index in [2.05, 4.69) is 26.0 Å². The van der Waals surface area contributed by atoms with Gasteiger partial charge in [-0.2, -0.15) is 0 Å². The van der Waals surface area contributed by atoms with Crippen LogP contribution in [0.2, 0.25) is 0 Å². The molecular formula is C22H25NO3. The molecule has 0 radical (unpaired) electrons. The highest BCUT2D eigenvalue weighted by molar-refractivity contribution is 5.91. The van der Waals surface area contributed by atoms with Gasteiger partial charge in [0.05, 0.1) is 0 Å². The number of carbonyl (C=O) groups excluding carboxylic acids is 1. The predicted molar refractivity (Wildman–Crippen MR) is 103 cm³/mol. The third-order valence-electron chi connectivity index (χ3n) is 4.42. The Morgan fingerprint density at radius 2 is 1.77 bits per heavy atom. The molecule has 1 amide bonds. The molecule has 0 spiro atoms. The molecule has 0 N–H and O–H groups in total. The van der Waals surface area contributed by atoms with Crippen LogP contribution in [0.15, 0.2) is 48.5 Å². The largest absolute Gasteiger partial charge is 0.486 e. The topological polar surface area (TPSA) is 38.8 Å². The molecule has 0 aliphatic carbocycles. The third kappa shape index (κ3) is 4.45. The molecule has 1 aliphatic rings. The van der Waals surface area contributed by atoms with Crippen LogP contribution in [0.3, 0.4) is 0 Å². The van der Waals surface area contributed by atoms with E-state index < -0.39 is 0 Å². The van der Waals surface area contributed by atoms with Gasteiger partial charge in [-0.25, -0.2) is 0 Å². The summed E-state index contributed by atoms with van der Waals surface area (Å²) >= 11 is 0. The van der Waals surface area contributed by atoms with E-state index in [-0.39, 0.29) is 5.91 Å². The maximum atomic E-state index is 12.4. The van der Waals surface area contributed by atoms with Gasteiger partial charge < -0.3 is 14.4 Å². The normalized spacial score (nSPS) is 13.2. The Morgan fingerprint density at radius 1 is 1.08 bits per heavy atom. The van der Waals surface area contributed by atoms with Gasteiger partial charge in [0.15, 0.2) is 11.5 Å². The average Bonchev–Trinajstić information content (AvgIpc) is 2.66. The number of amides is 1. The first kappa shape index (κ1) is 18.1. The molecule has 3 rings (SSSR count). The van der Waals surface area contributed by atoms with Crippen molar-refractivity contribution in [3.05, 3.63) is 65.2 Å². The van der Waals surface area contributed by atoms with Crippen LogP contribution < -0.4 is 9.47 Å². The number of hydrogen-bond acceptors (Lipinski definition) is 3. The molecule has 0 saturated heterocycles. The van der Waals surface area contributed by atoms with Crippen molar-refractivity contribution in [1.29, 1.82) is 0 Å². The lowest BCUT2D eigenvalue weighted by Crippen LogP contribution is -2.24. The molecule has 4 heteroatoms. The molecule has 1 aliphatic heterocycles. The summed E-state index contributed by atoms with van der Waals surface area (Å²) in [5, 5.41) is 0. The van der Waals surface area contributed by atoms with E-state index in [1.54, 1.807) is 18.0 Å². The fourth-order valence-corrected chi connectivity index (χ4v) is 2.82. The average molecular weight is 351 g/mol. The van der Waals surface area contributed by atoms with Crippen LogP contribution in [-0.2, 0) is 11.3 Å². The second kappa shape index (κ2) is 8.09. The molecule has 0 saturated carbocycles. The van der Waals surface area contributed by atoms with E-state index in [1.807, 2.05) is 36.4 Å². The highest BCUT2D eigenvalue weighted by atomic mass is 16.6. The fourth-order valence-electron chi connectivity index (χ4n) is 2.82. The van der Waals surface area contributed by atoms with E-state index in [0.29, 0.717) is 25.7 Å². The molecule has 0 bridgehead atoms. The third-order valence-corrected chi connectivity index (χ3v) is 4.42. The lowest BCUT2D eigenvalue weighted by Gasteiger charge is -2.20. The molecule has 0 aromatic heterocycles. The van der Waals surface area contributed by atoms with Crippen LogP contribution in [0.5, 0.6) is 11.5 Å². The lowest BCUT2D eigenvalue weighted by atomic mass is 10.0. The Morgan fingerprint density at radius 3 is 2.46 bits per heavy atom. The molecule has 0 unspecified atom stereocenters. The molecule has 1 heterocycles. The summed E-state index contributed by atoms with van der Waals surface area (Å²) in [6, 6.07) is 14.1. The first-order valence-corrected chi connectivity index (χ1v) is 8.94. The second-order valence-corrected chi connectivity index (χ2v) is 6.83. The predicted octanol–water partition coefficient (Wildman–Crippen LogP) is 4.25. The van der Waals surface area contributed by atoms with Crippen molar-refractivity contribution in [2.75, 3.05) is 20.3 Å². The standard InChI is InChI=1S/C22H25NO3/c1-16(2)19-8-4-17(5-9-19)7-11-22(24)23(3)15-18-6-10-20-21(14-18)26-13-12-25-20/h4-11,14,16H,12-13,15H2,1-3H3/b11-7+. The SMILES string of the molecule is CC(C)c1ccc(/C=C/C(=O)N(C)Cc2ccc3c(c2)OCCO3)cc1. The molecule has 2 aromatic rings. The molecule has 0 fully saturated rings. The summed E-state index contributed by atoms with van der Waals surface area (Å²) in [6.07, 6.45) is 3.47. The van der Waals surface area contributed by atoms with Crippen LogP contribution in [0.25, 0.3) is 6.08 Å². The van der Waals surface area contributed by atoms with Gasteiger partial charge in [0.1, 0.15) is 13.2 Å². The summed E-state index contributed by atoms with van der Waals surface area (Å²) in [7, 11) is 1.80. The highest BCUT2D eigenvalue weighted by Crippen LogP contribution is 2.31. The number of carbonyl (C=O) groups is 1. The van der Waals surface area contributed by atoms with Gasteiger partial charge in [0.25, 0.3) is 0 Å². The summed E-state index contributed by atoms with van der Waals surface area (Å²) in [6.45, 7) is 5.99. The van der Waals surface area contributed by atoms with Crippen LogP contribution in [0.1, 0.15) is 36.5 Å². The van der Waals surface area contributed by atoms with E-state index in [9.17, 15) is 4.79 Å². The van der Waals surface area contributed by atoms with Crippen molar-refractivity contribution in [3.8, 4) is 11.5 Å². The molecule has 0 atom stereocenters. The summed E-state index contributed by atoms with van der Waals surface area (Å²) in [5.41, 5.74) is 3.33. The number of benzene rings is 2. The maximum Gasteiger partial charge on any atom is 0.246 e. The van der Waals surface area contributed by atoms with Gasteiger partial charge in [0, 0.05) is 19.7 Å². The van der Waals surface area contributed by atoms with Crippen LogP contribution in [0.4, 0.5) is 0 Å². The second-order valence-electron chi connectivity index (χ2n) is 6.83. The zero-order chi connectivity index (χ0) is 18.5. The Balaban J connectivity index is 1.60. The van der Waals surface area contributed by atoms with E-state index >= 15 is 0 Å². The van der Waals surface area contributed by atoms with Crippen molar-refractivity contribution >= 4 is 12.0 Å². The smallest absolute Gasteiger partial charge is 0.246 e. The summed E-state index contributed by atoms with van der Waals surface area (Å²) in [5.74, 6) is 1.98. The number of nitrogens with zero attached hydrogens (tertiary/aromatic N) is 1. The first-order chi connectivity index (χ1) is 12.5. The van der Waals surface area contributed by atoms with Gasteiger partial charge in [0.2, 0.25) is 5.91 Å². The highest BCUT2D eigenvalue weighted by Gasteiger charge is 2.13. The Kier molecular flexibility index (Phi) is 5.61. The summed E-state index contributed by atoms with van der Waals surface area (Å²) < 4.78 is 11.1. The van der Waals surface area contributed by atoms with Gasteiger partial charge in [-0.05, 0) is 40.8 Å². The molecule has 136 valence electrons. The minimum Gasteiger partial charge on any atom is -0.486 e. The molecule has 4 nitrogen and oxygen atoms in total. The molecule has 26 heavy (non-hydrogen) atoms. The molecule has 2 aromatic carbocycles. The zero-order valence-corrected chi connectivity index (χ0v) is 15.6.